The van der Waals surface area contributed by atoms with Crippen molar-refractivity contribution in [2.45, 2.75) is 33.7 Å². The van der Waals surface area contributed by atoms with Gasteiger partial charge in [0.1, 0.15) is 0 Å². The lowest BCUT2D eigenvalue weighted by Crippen LogP contribution is -2.13. The minimum atomic E-state index is 0.589. The Morgan fingerprint density at radius 3 is 2.72 bits per heavy atom. The van der Waals surface area contributed by atoms with Gasteiger partial charge in [-0.2, -0.15) is 0 Å². The zero-order valence-corrected chi connectivity index (χ0v) is 11.2. The molecule has 1 N–H and O–H groups in total. The van der Waals surface area contributed by atoms with Crippen molar-refractivity contribution < 1.29 is 4.42 Å². The molecule has 0 aliphatic carbocycles. The summed E-state index contributed by atoms with van der Waals surface area (Å²) in [6, 6.07) is 6.16. The van der Waals surface area contributed by atoms with Crippen molar-refractivity contribution in [3.8, 4) is 11.5 Å². The second-order valence-electron chi connectivity index (χ2n) is 4.48. The Morgan fingerprint density at radius 1 is 1.17 bits per heavy atom. The Kier molecular flexibility index (Phi) is 4.10. The maximum atomic E-state index is 5.63. The summed E-state index contributed by atoms with van der Waals surface area (Å²) in [6.45, 7) is 7.89. The molecule has 0 bridgehead atoms. The third kappa shape index (κ3) is 2.96. The van der Waals surface area contributed by atoms with E-state index in [1.165, 1.54) is 11.1 Å². The molecule has 18 heavy (non-hydrogen) atoms. The third-order valence-corrected chi connectivity index (χ3v) is 2.92. The number of nitrogens with one attached hydrogen (secondary N) is 1. The van der Waals surface area contributed by atoms with Gasteiger partial charge in [0.2, 0.25) is 11.8 Å². The largest absolute Gasteiger partial charge is 0.419 e. The van der Waals surface area contributed by atoms with Gasteiger partial charge in [-0.05, 0) is 50.1 Å². The van der Waals surface area contributed by atoms with E-state index in [0.717, 1.165) is 18.5 Å². The lowest BCUT2D eigenvalue weighted by atomic mass is 10.1. The van der Waals surface area contributed by atoms with Crippen LogP contribution in [0.4, 0.5) is 0 Å². The van der Waals surface area contributed by atoms with Crippen LogP contribution in [0.15, 0.2) is 22.6 Å². The van der Waals surface area contributed by atoms with Crippen LogP contribution in [-0.2, 0) is 6.54 Å². The first kappa shape index (κ1) is 12.8. The second-order valence-corrected chi connectivity index (χ2v) is 4.48. The molecule has 0 aliphatic heterocycles. The molecule has 0 saturated heterocycles. The predicted molar refractivity (Wildman–Crippen MR) is 71.2 cm³/mol. The average Bonchev–Trinajstić information content (AvgIpc) is 2.82. The maximum Gasteiger partial charge on any atom is 0.247 e. The molecule has 96 valence electrons. The van der Waals surface area contributed by atoms with E-state index in [-0.39, 0.29) is 0 Å². The first-order chi connectivity index (χ1) is 8.70. The smallest absolute Gasteiger partial charge is 0.247 e. The van der Waals surface area contributed by atoms with Crippen molar-refractivity contribution in [1.82, 2.24) is 15.5 Å². The van der Waals surface area contributed by atoms with E-state index in [1.807, 2.05) is 6.07 Å². The van der Waals surface area contributed by atoms with Crippen LogP contribution >= 0.6 is 0 Å². The molecule has 4 heteroatoms. The summed E-state index contributed by atoms with van der Waals surface area (Å²) in [5, 5.41) is 11.4. The molecule has 1 aromatic heterocycles. The van der Waals surface area contributed by atoms with Gasteiger partial charge in [0.15, 0.2) is 0 Å². The van der Waals surface area contributed by atoms with Gasteiger partial charge in [0.25, 0.3) is 0 Å². The van der Waals surface area contributed by atoms with E-state index >= 15 is 0 Å². The van der Waals surface area contributed by atoms with Crippen LogP contribution in [-0.4, -0.2) is 16.7 Å². The predicted octanol–water partition coefficient (Wildman–Crippen LogP) is 2.85. The number of aryl methyl sites for hydroxylation is 2. The molecule has 0 radical (unpaired) electrons. The van der Waals surface area contributed by atoms with Gasteiger partial charge in [0.05, 0.1) is 6.54 Å². The summed E-state index contributed by atoms with van der Waals surface area (Å²) in [6.07, 6.45) is 1.10. The normalized spacial score (nSPS) is 10.8. The molecule has 1 aromatic carbocycles. The van der Waals surface area contributed by atoms with E-state index in [4.69, 9.17) is 4.42 Å². The highest BCUT2D eigenvalue weighted by molar-refractivity contribution is 5.55. The highest BCUT2D eigenvalue weighted by atomic mass is 16.4. The quantitative estimate of drug-likeness (QED) is 0.823. The van der Waals surface area contributed by atoms with Gasteiger partial charge in [-0.3, -0.25) is 0 Å². The van der Waals surface area contributed by atoms with Crippen LogP contribution in [0.1, 0.15) is 30.4 Å². The lowest BCUT2D eigenvalue weighted by Gasteiger charge is -2.01. The summed E-state index contributed by atoms with van der Waals surface area (Å²) < 4.78 is 5.63. The third-order valence-electron chi connectivity index (χ3n) is 2.92. The minimum Gasteiger partial charge on any atom is -0.419 e. The molecule has 0 saturated carbocycles. The van der Waals surface area contributed by atoms with Crippen LogP contribution in [0.2, 0.25) is 0 Å². The van der Waals surface area contributed by atoms with Crippen molar-refractivity contribution in [3.63, 3.8) is 0 Å². The van der Waals surface area contributed by atoms with Gasteiger partial charge in [0, 0.05) is 5.56 Å². The van der Waals surface area contributed by atoms with Gasteiger partial charge in [-0.15, -0.1) is 10.2 Å². The molecule has 2 rings (SSSR count). The van der Waals surface area contributed by atoms with E-state index in [1.54, 1.807) is 0 Å². The zero-order valence-electron chi connectivity index (χ0n) is 11.2. The number of benzene rings is 1. The van der Waals surface area contributed by atoms with Gasteiger partial charge < -0.3 is 9.73 Å². The number of aromatic nitrogens is 2. The van der Waals surface area contributed by atoms with Gasteiger partial charge in [-0.1, -0.05) is 13.0 Å². The monoisotopic (exact) mass is 245 g/mol. The highest BCUT2D eigenvalue weighted by Crippen LogP contribution is 2.20. The summed E-state index contributed by atoms with van der Waals surface area (Å²) in [7, 11) is 0. The number of hydrogen-bond acceptors (Lipinski definition) is 4. The Morgan fingerprint density at radius 2 is 2.00 bits per heavy atom. The fraction of sp³-hybridized carbons (Fsp3) is 0.429. The summed E-state index contributed by atoms with van der Waals surface area (Å²) in [5.74, 6) is 1.23. The fourth-order valence-corrected chi connectivity index (χ4v) is 1.69. The van der Waals surface area contributed by atoms with Gasteiger partial charge in [-0.25, -0.2) is 0 Å². The first-order valence-corrected chi connectivity index (χ1v) is 6.31. The van der Waals surface area contributed by atoms with Crippen molar-refractivity contribution in [2.75, 3.05) is 6.54 Å². The molecular weight excluding hydrogens is 226 g/mol. The Balaban J connectivity index is 2.11. The summed E-state index contributed by atoms with van der Waals surface area (Å²) in [5.41, 5.74) is 3.48. The molecule has 1 heterocycles. The first-order valence-electron chi connectivity index (χ1n) is 6.31. The van der Waals surface area contributed by atoms with E-state index in [2.05, 4.69) is 48.4 Å². The van der Waals surface area contributed by atoms with Crippen LogP contribution in [0.5, 0.6) is 0 Å². The molecule has 4 nitrogen and oxygen atoms in total. The highest BCUT2D eigenvalue weighted by Gasteiger charge is 2.08. The van der Waals surface area contributed by atoms with E-state index in [9.17, 15) is 0 Å². The van der Waals surface area contributed by atoms with Crippen molar-refractivity contribution >= 4 is 0 Å². The Labute approximate surface area is 107 Å². The number of nitrogens with zero attached hydrogens (tertiary/aromatic N) is 2. The zero-order chi connectivity index (χ0) is 13.0. The SMILES string of the molecule is CCCNCc1nnc(-c2ccc(C)c(C)c2)o1. The standard InChI is InChI=1S/C14H19N3O/c1-4-7-15-9-13-16-17-14(18-13)12-6-5-10(2)11(3)8-12/h5-6,8,15H,4,7,9H2,1-3H3. The van der Waals surface area contributed by atoms with E-state index < -0.39 is 0 Å². The van der Waals surface area contributed by atoms with Crippen molar-refractivity contribution in [1.29, 1.82) is 0 Å². The maximum absolute atomic E-state index is 5.63. The van der Waals surface area contributed by atoms with Crippen LogP contribution in [0.25, 0.3) is 11.5 Å². The summed E-state index contributed by atoms with van der Waals surface area (Å²) in [4.78, 5) is 0. The molecular formula is C14H19N3O. The minimum absolute atomic E-state index is 0.589. The lowest BCUT2D eigenvalue weighted by molar-refractivity contribution is 0.477. The topological polar surface area (TPSA) is 51.0 Å². The van der Waals surface area contributed by atoms with Crippen molar-refractivity contribution in [2.24, 2.45) is 0 Å². The van der Waals surface area contributed by atoms with Crippen LogP contribution in [0.3, 0.4) is 0 Å². The fourth-order valence-electron chi connectivity index (χ4n) is 1.69. The average molecular weight is 245 g/mol. The molecule has 0 aliphatic rings. The molecule has 0 amide bonds. The summed E-state index contributed by atoms with van der Waals surface area (Å²) >= 11 is 0. The van der Waals surface area contributed by atoms with E-state index in [0.29, 0.717) is 18.3 Å². The van der Waals surface area contributed by atoms with Crippen LogP contribution in [0, 0.1) is 13.8 Å². The number of hydrogen-bond donors (Lipinski definition) is 1. The second kappa shape index (κ2) is 5.78. The molecule has 0 fully saturated rings. The molecule has 0 atom stereocenters. The Hall–Kier alpha value is -1.68. The van der Waals surface area contributed by atoms with Crippen molar-refractivity contribution in [3.05, 3.63) is 35.2 Å². The molecule has 0 spiro atoms. The number of rotatable bonds is 5. The molecule has 0 unspecified atom stereocenters. The Bertz CT molecular complexity index is 520. The van der Waals surface area contributed by atoms with Crippen LogP contribution < -0.4 is 5.32 Å². The van der Waals surface area contributed by atoms with Gasteiger partial charge >= 0.3 is 0 Å². The molecule has 2 aromatic rings.